The summed E-state index contributed by atoms with van der Waals surface area (Å²) in [5.41, 5.74) is 10.9. The molecule has 5 aromatic carbocycles. The smallest absolute Gasteiger partial charge is 0.146 e. The van der Waals surface area contributed by atoms with Crippen LogP contribution in [0.25, 0.3) is 93.3 Å². The third-order valence-corrected chi connectivity index (χ3v) is 9.76. The van der Waals surface area contributed by atoms with Crippen molar-refractivity contribution in [1.29, 1.82) is 0 Å². The molecule has 0 atom stereocenters. The van der Waals surface area contributed by atoms with Gasteiger partial charge in [0.2, 0.25) is 0 Å². The molecule has 0 aliphatic rings. The second-order valence-corrected chi connectivity index (χ2v) is 12.1. The Morgan fingerprint density at radius 2 is 1.06 bits per heavy atom. The zero-order chi connectivity index (χ0) is 30.6. The van der Waals surface area contributed by atoms with Gasteiger partial charge in [-0.05, 0) is 60.7 Å². The van der Waals surface area contributed by atoms with Crippen molar-refractivity contribution in [3.05, 3.63) is 146 Å². The van der Waals surface area contributed by atoms with Gasteiger partial charge in [-0.1, -0.05) is 60.7 Å². The fraction of sp³-hybridized carbons (Fsp3) is 0. The molecule has 0 bridgehead atoms. The lowest BCUT2D eigenvalue weighted by molar-refractivity contribution is 1.17. The van der Waals surface area contributed by atoms with Crippen LogP contribution in [0.3, 0.4) is 0 Å². The van der Waals surface area contributed by atoms with E-state index < -0.39 is 0 Å². The Morgan fingerprint density at radius 1 is 0.404 bits per heavy atom. The van der Waals surface area contributed by atoms with E-state index in [4.69, 9.17) is 4.98 Å². The Balaban J connectivity index is 1.43. The van der Waals surface area contributed by atoms with Gasteiger partial charge in [0.25, 0.3) is 0 Å². The summed E-state index contributed by atoms with van der Waals surface area (Å²) in [7, 11) is 0. The Labute approximate surface area is 267 Å². The van der Waals surface area contributed by atoms with Crippen LogP contribution in [0.4, 0.5) is 0 Å². The molecule has 0 fully saturated rings. The van der Waals surface area contributed by atoms with E-state index in [1.165, 1.54) is 38.1 Å². The molecule has 6 nitrogen and oxygen atoms in total. The number of benzene rings is 5. The first-order valence-corrected chi connectivity index (χ1v) is 15.8. The molecule has 0 aliphatic carbocycles. The Hall–Kier alpha value is -6.53. The molecule has 0 spiro atoms. The number of rotatable bonds is 2. The second kappa shape index (κ2) is 9.02. The van der Waals surface area contributed by atoms with Crippen molar-refractivity contribution in [3.8, 4) is 11.4 Å². The highest BCUT2D eigenvalue weighted by Crippen LogP contribution is 2.46. The van der Waals surface area contributed by atoms with Crippen molar-refractivity contribution < 1.29 is 0 Å². The number of pyridine rings is 3. The maximum absolute atomic E-state index is 5.14. The van der Waals surface area contributed by atoms with Gasteiger partial charge in [0.1, 0.15) is 11.2 Å². The molecule has 218 valence electrons. The van der Waals surface area contributed by atoms with Crippen molar-refractivity contribution in [2.45, 2.75) is 0 Å². The summed E-state index contributed by atoms with van der Waals surface area (Å²) in [6.07, 6.45) is 7.56. The highest BCUT2D eigenvalue weighted by atomic mass is 15.0. The molecule has 6 heterocycles. The predicted octanol–water partition coefficient (Wildman–Crippen LogP) is 9.78. The van der Waals surface area contributed by atoms with Gasteiger partial charge in [-0.3, -0.25) is 14.4 Å². The van der Waals surface area contributed by atoms with E-state index in [0.717, 1.165) is 55.2 Å². The van der Waals surface area contributed by atoms with Crippen molar-refractivity contribution in [2.75, 3.05) is 0 Å². The maximum atomic E-state index is 5.14. The van der Waals surface area contributed by atoms with Gasteiger partial charge in [-0.2, -0.15) is 0 Å². The van der Waals surface area contributed by atoms with Crippen LogP contribution < -0.4 is 0 Å². The Kier molecular flexibility index (Phi) is 4.75. The zero-order valence-electron chi connectivity index (χ0n) is 25.0. The van der Waals surface area contributed by atoms with Crippen LogP contribution in [-0.2, 0) is 0 Å². The molecular weight excluding hydrogens is 576 g/mol. The molecule has 0 N–H and O–H groups in total. The Morgan fingerprint density at radius 3 is 1.87 bits per heavy atom. The van der Waals surface area contributed by atoms with Crippen molar-refractivity contribution >= 4 is 82.0 Å². The van der Waals surface area contributed by atoms with Crippen LogP contribution in [0.1, 0.15) is 0 Å². The molecule has 0 saturated carbocycles. The molecule has 0 aliphatic heterocycles. The first kappa shape index (κ1) is 24.8. The highest BCUT2D eigenvalue weighted by Gasteiger charge is 2.24. The van der Waals surface area contributed by atoms with Crippen molar-refractivity contribution in [3.63, 3.8) is 0 Å². The van der Waals surface area contributed by atoms with E-state index >= 15 is 0 Å². The molecular formula is C41H24N6. The summed E-state index contributed by atoms with van der Waals surface area (Å²) in [6, 6.07) is 43.4. The van der Waals surface area contributed by atoms with Gasteiger partial charge in [-0.15, -0.1) is 0 Å². The number of aromatic nitrogens is 6. The Bertz CT molecular complexity index is 3060. The first-order chi connectivity index (χ1) is 23.4. The van der Waals surface area contributed by atoms with Crippen LogP contribution in [0.5, 0.6) is 0 Å². The zero-order valence-corrected chi connectivity index (χ0v) is 25.0. The summed E-state index contributed by atoms with van der Waals surface area (Å²) in [5, 5.41) is 8.20. The SMILES string of the molecule is c1ccc(-n2c3ccccc3c3c2ccc2c4c5c6cnccc6n6c7ccncc7nc6c5ccc4n(-c4ccccc4)c23)cc1. The largest absolute Gasteiger partial charge is 0.309 e. The van der Waals surface area contributed by atoms with Gasteiger partial charge >= 0.3 is 0 Å². The number of nitrogens with zero attached hydrogens (tertiary/aromatic N) is 6. The molecule has 6 heteroatoms. The maximum Gasteiger partial charge on any atom is 0.146 e. The molecule has 11 aromatic rings. The molecule has 0 saturated heterocycles. The average Bonchev–Trinajstić information content (AvgIpc) is 3.80. The molecule has 6 aromatic heterocycles. The van der Waals surface area contributed by atoms with E-state index in [1.807, 2.05) is 30.9 Å². The predicted molar refractivity (Wildman–Crippen MR) is 192 cm³/mol. The van der Waals surface area contributed by atoms with Crippen molar-refractivity contribution in [1.82, 2.24) is 28.5 Å². The van der Waals surface area contributed by atoms with Crippen LogP contribution in [0.2, 0.25) is 0 Å². The average molecular weight is 601 g/mol. The van der Waals surface area contributed by atoms with E-state index in [-0.39, 0.29) is 0 Å². The van der Waals surface area contributed by atoms with Gasteiger partial charge in [0.05, 0.1) is 39.3 Å². The normalized spacial score (nSPS) is 12.3. The first-order valence-electron chi connectivity index (χ1n) is 15.8. The summed E-state index contributed by atoms with van der Waals surface area (Å²) >= 11 is 0. The standard InChI is InChI=1S/C41H24N6/c1-3-9-25(10-4-1)45-32-14-8-7-13-27(32)39-36(45)17-15-28-38-35(46(40(28)39)26-11-5-2-6-12-26)18-16-29-37(38)30-23-42-21-19-33(30)47-34-20-22-43-24-31(34)44-41(29)47/h1-24H. The molecule has 0 radical (unpaired) electrons. The van der Waals surface area contributed by atoms with Gasteiger partial charge in [0.15, 0.2) is 0 Å². The van der Waals surface area contributed by atoms with Gasteiger partial charge < -0.3 is 9.13 Å². The van der Waals surface area contributed by atoms with Crippen LogP contribution >= 0.6 is 0 Å². The fourth-order valence-electron chi connectivity index (χ4n) is 7.95. The highest BCUT2D eigenvalue weighted by molar-refractivity contribution is 6.34. The van der Waals surface area contributed by atoms with E-state index in [0.29, 0.717) is 0 Å². The number of para-hydroxylation sites is 3. The second-order valence-electron chi connectivity index (χ2n) is 12.1. The quantitative estimate of drug-likeness (QED) is 0.186. The van der Waals surface area contributed by atoms with E-state index in [9.17, 15) is 0 Å². The number of hydrogen-bond acceptors (Lipinski definition) is 3. The minimum atomic E-state index is 0.875. The van der Waals surface area contributed by atoms with Gasteiger partial charge in [0, 0.05) is 67.7 Å². The summed E-state index contributed by atoms with van der Waals surface area (Å²) in [4.78, 5) is 14.2. The van der Waals surface area contributed by atoms with Crippen LogP contribution in [-0.4, -0.2) is 28.5 Å². The minimum absolute atomic E-state index is 0.875. The number of hydrogen-bond donors (Lipinski definition) is 0. The summed E-state index contributed by atoms with van der Waals surface area (Å²) in [6.45, 7) is 0. The lowest BCUT2D eigenvalue weighted by Crippen LogP contribution is -1.95. The molecule has 47 heavy (non-hydrogen) atoms. The lowest BCUT2D eigenvalue weighted by atomic mass is 10.00. The van der Waals surface area contributed by atoms with E-state index in [1.54, 1.807) is 0 Å². The third-order valence-electron chi connectivity index (χ3n) is 9.76. The van der Waals surface area contributed by atoms with E-state index in [2.05, 4.69) is 139 Å². The fourth-order valence-corrected chi connectivity index (χ4v) is 7.95. The third kappa shape index (κ3) is 3.16. The minimum Gasteiger partial charge on any atom is -0.309 e. The molecule has 0 unspecified atom stereocenters. The summed E-state index contributed by atoms with van der Waals surface area (Å²) in [5.74, 6) is 0. The van der Waals surface area contributed by atoms with Gasteiger partial charge in [-0.25, -0.2) is 4.98 Å². The number of imidazole rings is 1. The monoisotopic (exact) mass is 600 g/mol. The van der Waals surface area contributed by atoms with Crippen LogP contribution in [0.15, 0.2) is 146 Å². The molecule has 11 rings (SSSR count). The topological polar surface area (TPSA) is 52.9 Å². The lowest BCUT2D eigenvalue weighted by Gasteiger charge is -2.11. The summed E-state index contributed by atoms with van der Waals surface area (Å²) < 4.78 is 7.10. The molecule has 0 amide bonds. The number of fused-ring (bicyclic) bond motifs is 16. The van der Waals surface area contributed by atoms with Crippen molar-refractivity contribution in [2.24, 2.45) is 0 Å². The van der Waals surface area contributed by atoms with Crippen LogP contribution in [0, 0.1) is 0 Å².